The molecule has 0 bridgehead atoms. The Labute approximate surface area is 377 Å². The third kappa shape index (κ3) is 12.6. The molecule has 1 fully saturated rings. The van der Waals surface area contributed by atoms with E-state index in [9.17, 15) is 0 Å². The predicted octanol–water partition coefficient (Wildman–Crippen LogP) is 14.4. The molecule has 56 heavy (non-hydrogen) atoms. The maximum absolute atomic E-state index is 6.24. The van der Waals surface area contributed by atoms with E-state index in [1.807, 2.05) is 84.0 Å². The first-order valence-electron chi connectivity index (χ1n) is 17.0. The number of halogens is 7. The topological polar surface area (TPSA) is 127 Å². The van der Waals surface area contributed by atoms with Crippen LogP contribution in [0.15, 0.2) is 84.0 Å². The smallest absolute Gasteiger partial charge is 0.399 e. The minimum absolute atomic E-state index is 0.0687. The maximum Gasteiger partial charge on any atom is 0.494 e. The van der Waals surface area contributed by atoms with E-state index in [4.69, 9.17) is 61.4 Å². The molecule has 2 aromatic heterocycles. The molecule has 4 N–H and O–H groups in total. The van der Waals surface area contributed by atoms with E-state index >= 15 is 0 Å². The van der Waals surface area contributed by atoms with Gasteiger partial charge in [0.15, 0.2) is 0 Å². The summed E-state index contributed by atoms with van der Waals surface area (Å²) in [6.07, 6.45) is 3.49. The van der Waals surface area contributed by atoms with Crippen LogP contribution in [0.1, 0.15) is 59.6 Å². The third-order valence-electron chi connectivity index (χ3n) is 8.49. The van der Waals surface area contributed by atoms with Gasteiger partial charge in [-0.25, -0.2) is 0 Å². The zero-order chi connectivity index (χ0) is 41.7. The van der Waals surface area contributed by atoms with Gasteiger partial charge in [-0.15, -0.1) is 9.63 Å². The SMILES string of the molecule is CC1(C)OB(c2cc(Cl)c3[nH]ncc3c2)OC1(C)C.Cc1cc(Br)cc(Cl)c1N.Cc1cc(Br)cc(Cl)c1N=NSC(C)(C)C.Clc1cc(Br)cc2cn[nH]c12. The van der Waals surface area contributed by atoms with Crippen LogP contribution < -0.4 is 11.2 Å². The van der Waals surface area contributed by atoms with Crippen LogP contribution in [0.3, 0.4) is 0 Å². The summed E-state index contributed by atoms with van der Waals surface area (Å²) in [6, 6.07) is 15.2. The number of nitrogens with one attached hydrogen (secondary N) is 2. The molecule has 6 aromatic rings. The normalized spacial score (nSPS) is 14.6. The number of fused-ring (bicyclic) bond motifs is 2. The summed E-state index contributed by atoms with van der Waals surface area (Å²) >= 11 is 35.5. The van der Waals surface area contributed by atoms with Crippen molar-refractivity contribution in [3.05, 3.63) is 106 Å². The number of hydrogen-bond donors (Lipinski definition) is 3. The molecule has 0 saturated carbocycles. The molecule has 0 spiro atoms. The molecule has 1 saturated heterocycles. The third-order valence-corrected chi connectivity index (χ3v) is 11.8. The fourth-order valence-corrected chi connectivity index (χ4v) is 8.35. The van der Waals surface area contributed by atoms with Gasteiger partial charge in [0, 0.05) is 40.9 Å². The molecule has 1 aliphatic rings. The van der Waals surface area contributed by atoms with Crippen molar-refractivity contribution in [3.63, 3.8) is 0 Å². The number of nitrogen functional groups attached to an aromatic ring is 1. The van der Waals surface area contributed by atoms with Crippen molar-refractivity contribution < 1.29 is 9.31 Å². The maximum atomic E-state index is 6.24. The van der Waals surface area contributed by atoms with E-state index in [0.29, 0.717) is 25.8 Å². The van der Waals surface area contributed by atoms with Gasteiger partial charge in [0.05, 0.1) is 60.4 Å². The molecule has 0 aliphatic carbocycles. The van der Waals surface area contributed by atoms with E-state index in [2.05, 4.69) is 98.6 Å². The molecule has 3 heterocycles. The van der Waals surface area contributed by atoms with Crippen LogP contribution in [0.2, 0.25) is 20.1 Å². The van der Waals surface area contributed by atoms with Gasteiger partial charge in [-0.1, -0.05) is 100 Å². The second-order valence-corrected chi connectivity index (χ2v) is 20.7. The number of hydrogen-bond acceptors (Lipinski definition) is 8. The highest BCUT2D eigenvalue weighted by Crippen LogP contribution is 2.37. The summed E-state index contributed by atoms with van der Waals surface area (Å²) in [6.45, 7) is 18.3. The van der Waals surface area contributed by atoms with Gasteiger partial charge in [-0.05, 0) is 121 Å². The predicted molar refractivity (Wildman–Crippen MR) is 250 cm³/mol. The lowest BCUT2D eigenvalue weighted by Crippen LogP contribution is -2.41. The minimum atomic E-state index is -0.401. The van der Waals surface area contributed by atoms with Crippen LogP contribution in [0.4, 0.5) is 11.4 Å². The Morgan fingerprint density at radius 2 is 1.16 bits per heavy atom. The highest BCUT2D eigenvalue weighted by molar-refractivity contribution is 9.11. The quantitative estimate of drug-likeness (QED) is 0.0701. The number of nitrogens with two attached hydrogens (primary N) is 1. The van der Waals surface area contributed by atoms with E-state index in [-0.39, 0.29) is 15.9 Å². The molecular formula is C38H41BBr3Cl4N7O2S. The monoisotopic (exact) mass is 1050 g/mol. The summed E-state index contributed by atoms with van der Waals surface area (Å²) < 4.78 is 19.1. The zero-order valence-electron chi connectivity index (χ0n) is 32.1. The van der Waals surface area contributed by atoms with E-state index < -0.39 is 7.12 Å². The second kappa shape index (κ2) is 19.5. The van der Waals surface area contributed by atoms with Crippen molar-refractivity contribution in [2.75, 3.05) is 5.73 Å². The lowest BCUT2D eigenvalue weighted by Gasteiger charge is -2.32. The van der Waals surface area contributed by atoms with Crippen molar-refractivity contribution in [1.29, 1.82) is 0 Å². The highest BCUT2D eigenvalue weighted by atomic mass is 79.9. The van der Waals surface area contributed by atoms with E-state index in [0.717, 1.165) is 57.5 Å². The molecule has 0 atom stereocenters. The Morgan fingerprint density at radius 3 is 1.68 bits per heavy atom. The van der Waals surface area contributed by atoms with Crippen LogP contribution in [0.25, 0.3) is 21.8 Å². The number of benzene rings is 4. The molecule has 7 rings (SSSR count). The van der Waals surface area contributed by atoms with E-state index in [1.165, 1.54) is 11.9 Å². The van der Waals surface area contributed by atoms with Crippen LogP contribution in [0.5, 0.6) is 0 Å². The van der Waals surface area contributed by atoms with Gasteiger partial charge < -0.3 is 15.0 Å². The van der Waals surface area contributed by atoms with Gasteiger partial charge in [0.1, 0.15) is 5.69 Å². The van der Waals surface area contributed by atoms with Crippen molar-refractivity contribution in [2.24, 2.45) is 9.63 Å². The van der Waals surface area contributed by atoms with Crippen LogP contribution in [-0.4, -0.2) is 43.5 Å². The van der Waals surface area contributed by atoms with Crippen molar-refractivity contribution in [3.8, 4) is 0 Å². The standard InChI is InChI=1S/C13H16BClN2O2.C11H14BrClN2S.C7H4BrClN2.C7H7BrClN/c1-12(2)13(3,4)19-14(18-12)9-5-8-7-16-17-11(8)10(15)6-9;1-7-5-8(12)6-9(13)10(7)14-15-16-11(2,3)4;8-5-1-4-3-10-11-7(4)6(9)2-5;1-4-2-5(8)3-6(9)7(4)10/h5-7H,1-4H3,(H,16,17);5-6H,1-4H3;1-3H,(H,10,11);2-3H,10H2,1H3. The first-order valence-corrected chi connectivity index (χ1v) is 21.7. The first kappa shape index (κ1) is 46.8. The number of H-pyrrole nitrogens is 2. The Balaban J connectivity index is 0.000000171. The molecule has 18 heteroatoms. The van der Waals surface area contributed by atoms with E-state index in [1.54, 1.807) is 18.5 Å². The van der Waals surface area contributed by atoms with Crippen molar-refractivity contribution in [1.82, 2.24) is 20.4 Å². The van der Waals surface area contributed by atoms with Crippen LogP contribution in [0, 0.1) is 13.8 Å². The lowest BCUT2D eigenvalue weighted by atomic mass is 9.78. The molecule has 0 amide bonds. The largest absolute Gasteiger partial charge is 0.494 e. The number of rotatable bonds is 3. The van der Waals surface area contributed by atoms with Gasteiger partial charge >= 0.3 is 7.12 Å². The number of aromatic amines is 2. The Kier molecular flexibility index (Phi) is 16.3. The Hall–Kier alpha value is -1.85. The van der Waals surface area contributed by atoms with Gasteiger partial charge in [-0.2, -0.15) is 10.2 Å². The first-order chi connectivity index (χ1) is 26.0. The van der Waals surface area contributed by atoms with Crippen molar-refractivity contribution >= 4 is 152 Å². The summed E-state index contributed by atoms with van der Waals surface area (Å²) in [5.41, 5.74) is 10.9. The minimum Gasteiger partial charge on any atom is -0.399 e. The van der Waals surface area contributed by atoms with Gasteiger partial charge in [0.2, 0.25) is 0 Å². The average molecular weight is 1050 g/mol. The molecule has 298 valence electrons. The van der Waals surface area contributed by atoms with Gasteiger partial charge in [0.25, 0.3) is 0 Å². The second-order valence-electron chi connectivity index (χ2n) is 14.7. The van der Waals surface area contributed by atoms with Crippen molar-refractivity contribution in [2.45, 2.75) is 78.3 Å². The van der Waals surface area contributed by atoms with Crippen LogP contribution >= 0.6 is 106 Å². The zero-order valence-corrected chi connectivity index (χ0v) is 40.7. The van der Waals surface area contributed by atoms with Crippen LogP contribution in [-0.2, 0) is 9.31 Å². The molecular weight excluding hydrogens is 1010 g/mol. The highest BCUT2D eigenvalue weighted by Gasteiger charge is 2.51. The molecule has 9 nitrogen and oxygen atoms in total. The fourth-order valence-electron chi connectivity index (χ4n) is 4.85. The van der Waals surface area contributed by atoms with Gasteiger partial charge in [-0.3, -0.25) is 10.2 Å². The Bertz CT molecular complexity index is 2290. The number of anilines is 1. The summed E-state index contributed by atoms with van der Waals surface area (Å²) in [5.74, 6) is 0. The number of aromatic nitrogens is 4. The summed E-state index contributed by atoms with van der Waals surface area (Å²) in [5, 5.41) is 22.2. The number of aryl methyl sites for hydroxylation is 2. The summed E-state index contributed by atoms with van der Waals surface area (Å²) in [7, 11) is -0.401. The molecule has 1 aliphatic heterocycles. The molecule has 0 radical (unpaired) electrons. The number of nitrogens with zero attached hydrogens (tertiary/aromatic N) is 4. The fraction of sp³-hybridized carbons (Fsp3) is 0.316. The molecule has 4 aromatic carbocycles. The molecule has 0 unspecified atom stereocenters. The average Bonchev–Trinajstić information content (AvgIpc) is 3.79. The lowest BCUT2D eigenvalue weighted by molar-refractivity contribution is 0.00578. The summed E-state index contributed by atoms with van der Waals surface area (Å²) in [4.78, 5) is 0. The Morgan fingerprint density at radius 1 is 0.696 bits per heavy atom.